The molecule has 9 rings (SSSR count). The van der Waals surface area contributed by atoms with E-state index in [1.165, 1.54) is 19.6 Å². The Labute approximate surface area is 271 Å². The quantitative estimate of drug-likeness (QED) is 0.188. The number of anilines is 6. The number of hydrogen-bond acceptors (Lipinski definition) is 6. The Morgan fingerprint density at radius 3 is 1.09 bits per heavy atom. The number of para-hydroxylation sites is 4. The van der Waals surface area contributed by atoms with Crippen molar-refractivity contribution in [1.82, 2.24) is 0 Å². The molecule has 0 saturated heterocycles. The fraction of sp³-hybridized carbons (Fsp3) is 0.0526. The van der Waals surface area contributed by atoms with Crippen molar-refractivity contribution in [2.24, 2.45) is 0 Å². The second-order valence-electron chi connectivity index (χ2n) is 11.5. The Bertz CT molecular complexity index is 2100. The molecule has 4 nitrogen and oxygen atoms in total. The summed E-state index contributed by atoms with van der Waals surface area (Å²) in [5.41, 5.74) is 9.63. The van der Waals surface area contributed by atoms with E-state index < -0.39 is 9.84 Å². The minimum atomic E-state index is -3.69. The van der Waals surface area contributed by atoms with Crippen LogP contribution in [-0.2, 0) is 9.84 Å². The number of fused-ring (bicyclic) bond motifs is 7. The summed E-state index contributed by atoms with van der Waals surface area (Å²) in [6, 6.07) is 41.5. The van der Waals surface area contributed by atoms with Gasteiger partial charge in [-0.05, 0) is 97.8 Å². The number of benzene rings is 6. The molecule has 0 unspecified atom stereocenters. The molecule has 0 radical (unpaired) electrons. The minimum absolute atomic E-state index is 0.373. The molecule has 0 aromatic heterocycles. The second-order valence-corrected chi connectivity index (χ2v) is 15.6. The molecule has 3 aliphatic heterocycles. The highest BCUT2D eigenvalue weighted by atomic mass is 32.2. The number of hydrogen-bond donors (Lipinski definition) is 0. The van der Waals surface area contributed by atoms with E-state index in [0.717, 1.165) is 56.4 Å². The predicted octanol–water partition coefficient (Wildman–Crippen LogP) is 11.0. The van der Waals surface area contributed by atoms with Crippen molar-refractivity contribution in [2.45, 2.75) is 43.2 Å². The first kappa shape index (κ1) is 26.9. The first-order valence-electron chi connectivity index (χ1n) is 14.8. The lowest BCUT2D eigenvalue weighted by atomic mass is 9.98. The van der Waals surface area contributed by atoms with Crippen molar-refractivity contribution in [3.63, 3.8) is 0 Å². The summed E-state index contributed by atoms with van der Waals surface area (Å²) in [6.45, 7) is 4.02. The summed E-state index contributed by atoms with van der Waals surface area (Å²) in [5, 5.41) is 0. The van der Waals surface area contributed by atoms with Crippen LogP contribution >= 0.6 is 23.5 Å². The highest BCUT2D eigenvalue weighted by Gasteiger charge is 2.37. The molecule has 0 atom stereocenters. The van der Waals surface area contributed by atoms with Crippen molar-refractivity contribution in [3.05, 3.63) is 132 Å². The summed E-state index contributed by atoms with van der Waals surface area (Å²) >= 11 is 3.53. The third-order valence-corrected chi connectivity index (χ3v) is 12.9. The smallest absolute Gasteiger partial charge is 0.207 e. The van der Waals surface area contributed by atoms with E-state index in [1.807, 2.05) is 26.0 Å². The zero-order valence-electron chi connectivity index (χ0n) is 24.5. The van der Waals surface area contributed by atoms with Gasteiger partial charge < -0.3 is 9.80 Å². The van der Waals surface area contributed by atoms with E-state index in [4.69, 9.17) is 0 Å². The molecule has 0 bridgehead atoms. The zero-order chi connectivity index (χ0) is 30.4. The molecule has 6 aromatic carbocycles. The summed E-state index contributed by atoms with van der Waals surface area (Å²) in [5.74, 6) is 0. The Kier molecular flexibility index (Phi) is 5.85. The third kappa shape index (κ3) is 3.91. The summed E-state index contributed by atoms with van der Waals surface area (Å²) < 4.78 is 28.2. The molecular weight excluding hydrogens is 613 g/mol. The molecule has 0 fully saturated rings. The van der Waals surface area contributed by atoms with Crippen LogP contribution in [0.2, 0.25) is 0 Å². The maximum atomic E-state index is 14.1. The monoisotopic (exact) mass is 638 g/mol. The average Bonchev–Trinajstić information content (AvgIpc) is 3.26. The summed E-state index contributed by atoms with van der Waals surface area (Å²) in [7, 11) is -3.69. The van der Waals surface area contributed by atoms with Gasteiger partial charge in [-0.25, -0.2) is 8.42 Å². The van der Waals surface area contributed by atoms with E-state index in [0.29, 0.717) is 9.79 Å². The minimum Gasteiger partial charge on any atom is -0.308 e. The Morgan fingerprint density at radius 1 is 0.444 bits per heavy atom. The van der Waals surface area contributed by atoms with Crippen LogP contribution in [0.15, 0.2) is 151 Å². The number of sulfone groups is 1. The second kappa shape index (κ2) is 9.78. The standard InChI is InChI=1S/C38H26N2O2S3/c1-23-19-37-25(21-31(23)39-27-11-3-7-15-33(27)43-34-16-8-4-12-28(34)39)26-22-32(24(2)20-38(26)45(37,41)42)40-29-13-5-9-17-35(29)44-36-18-10-6-14-30(36)40/h3-22H,1-2H3. The Balaban J connectivity index is 1.28. The van der Waals surface area contributed by atoms with Gasteiger partial charge in [0.1, 0.15) is 0 Å². The number of aryl methyl sites for hydroxylation is 2. The van der Waals surface area contributed by atoms with Crippen molar-refractivity contribution in [2.75, 3.05) is 9.80 Å². The third-order valence-electron chi connectivity index (χ3n) is 8.81. The van der Waals surface area contributed by atoms with Gasteiger partial charge in [-0.2, -0.15) is 0 Å². The van der Waals surface area contributed by atoms with Gasteiger partial charge in [-0.15, -0.1) is 0 Å². The molecule has 3 heterocycles. The van der Waals surface area contributed by atoms with Gasteiger partial charge in [-0.3, -0.25) is 0 Å². The van der Waals surface area contributed by atoms with E-state index in [-0.39, 0.29) is 0 Å². The van der Waals surface area contributed by atoms with Crippen molar-refractivity contribution >= 4 is 67.5 Å². The van der Waals surface area contributed by atoms with E-state index in [9.17, 15) is 8.42 Å². The molecule has 0 saturated carbocycles. The summed E-state index contributed by atoms with van der Waals surface area (Å²) in [6.07, 6.45) is 0. The van der Waals surface area contributed by atoms with Crippen molar-refractivity contribution in [1.29, 1.82) is 0 Å². The molecule has 0 amide bonds. The van der Waals surface area contributed by atoms with Crippen LogP contribution in [0.3, 0.4) is 0 Å². The van der Waals surface area contributed by atoms with Gasteiger partial charge in [0.05, 0.1) is 32.5 Å². The van der Waals surface area contributed by atoms with Crippen LogP contribution in [0, 0.1) is 13.8 Å². The predicted molar refractivity (Wildman–Crippen MR) is 184 cm³/mol. The molecule has 6 aromatic rings. The molecular formula is C38H26N2O2S3. The van der Waals surface area contributed by atoms with Crippen molar-refractivity contribution < 1.29 is 8.42 Å². The fourth-order valence-electron chi connectivity index (χ4n) is 6.73. The normalized spacial score (nSPS) is 15.0. The van der Waals surface area contributed by atoms with Gasteiger partial charge in [0, 0.05) is 42.1 Å². The maximum Gasteiger partial charge on any atom is 0.207 e. The largest absolute Gasteiger partial charge is 0.308 e. The van der Waals surface area contributed by atoms with Gasteiger partial charge in [-0.1, -0.05) is 72.1 Å². The molecule has 0 aliphatic carbocycles. The molecule has 0 N–H and O–H groups in total. The molecule has 0 spiro atoms. The maximum absolute atomic E-state index is 14.1. The van der Waals surface area contributed by atoms with Gasteiger partial charge in [0.2, 0.25) is 9.84 Å². The molecule has 218 valence electrons. The van der Waals surface area contributed by atoms with Gasteiger partial charge >= 0.3 is 0 Å². The van der Waals surface area contributed by atoms with Crippen LogP contribution in [0.5, 0.6) is 0 Å². The summed E-state index contributed by atoms with van der Waals surface area (Å²) in [4.78, 5) is 9.99. The lowest BCUT2D eigenvalue weighted by molar-refractivity contribution is 0.598. The molecule has 3 aliphatic rings. The highest BCUT2D eigenvalue weighted by molar-refractivity contribution is 8.00. The topological polar surface area (TPSA) is 40.6 Å². The lowest BCUT2D eigenvalue weighted by Gasteiger charge is -2.34. The van der Waals surface area contributed by atoms with Crippen LogP contribution < -0.4 is 9.80 Å². The van der Waals surface area contributed by atoms with E-state index in [2.05, 4.69) is 119 Å². The zero-order valence-corrected chi connectivity index (χ0v) is 26.9. The SMILES string of the molecule is Cc1cc2c(cc1N1c3ccccc3Sc3ccccc31)-c1cc(N3c4ccccc4Sc4ccccc43)c(C)cc1S2(=O)=O. The van der Waals surface area contributed by atoms with Crippen LogP contribution in [0.25, 0.3) is 11.1 Å². The highest BCUT2D eigenvalue weighted by Crippen LogP contribution is 2.56. The van der Waals surface area contributed by atoms with Crippen molar-refractivity contribution in [3.8, 4) is 11.1 Å². The Morgan fingerprint density at radius 2 is 0.756 bits per heavy atom. The molecule has 7 heteroatoms. The van der Waals surface area contributed by atoms with Crippen LogP contribution in [-0.4, -0.2) is 8.42 Å². The molecule has 45 heavy (non-hydrogen) atoms. The first-order chi connectivity index (χ1) is 21.9. The number of nitrogens with zero attached hydrogens (tertiary/aromatic N) is 2. The van der Waals surface area contributed by atoms with Gasteiger partial charge in [0.15, 0.2) is 0 Å². The lowest BCUT2D eigenvalue weighted by Crippen LogP contribution is -2.16. The van der Waals surface area contributed by atoms with Crippen LogP contribution in [0.1, 0.15) is 11.1 Å². The Hall–Kier alpha value is -4.43. The van der Waals surface area contributed by atoms with E-state index in [1.54, 1.807) is 23.5 Å². The van der Waals surface area contributed by atoms with E-state index >= 15 is 0 Å². The first-order valence-corrected chi connectivity index (χ1v) is 17.9. The van der Waals surface area contributed by atoms with Crippen LogP contribution in [0.4, 0.5) is 34.1 Å². The fourth-order valence-corrected chi connectivity index (χ4v) is 10.7. The average molecular weight is 639 g/mol. The van der Waals surface area contributed by atoms with Gasteiger partial charge in [0.25, 0.3) is 0 Å². The number of rotatable bonds is 2.